The average molecular weight is 443 g/mol. The molecule has 30 heavy (non-hydrogen) atoms. The zero-order chi connectivity index (χ0) is 21.6. The number of rotatable bonds is 3. The van der Waals surface area contributed by atoms with E-state index in [0.717, 1.165) is 10.6 Å². The van der Waals surface area contributed by atoms with Crippen LogP contribution in [-0.4, -0.2) is 21.8 Å². The average Bonchev–Trinajstić information content (AvgIpc) is 3.18. The van der Waals surface area contributed by atoms with Crippen LogP contribution in [0.1, 0.15) is 27.7 Å². The fraction of sp³-hybridized carbons (Fsp3) is 0.136. The van der Waals surface area contributed by atoms with Crippen LogP contribution in [0.4, 0.5) is 9.52 Å². The van der Waals surface area contributed by atoms with Gasteiger partial charge in [0.2, 0.25) is 0 Å². The molecule has 4 rings (SSSR count). The van der Waals surface area contributed by atoms with Crippen LogP contribution in [0.2, 0.25) is 5.02 Å². The van der Waals surface area contributed by atoms with E-state index in [1.165, 1.54) is 40.5 Å². The van der Waals surface area contributed by atoms with Gasteiger partial charge in [0, 0.05) is 15.5 Å². The number of carbonyl (C=O) groups excluding carboxylic acids is 2. The van der Waals surface area contributed by atoms with Gasteiger partial charge in [-0.2, -0.15) is 0 Å². The lowest BCUT2D eigenvalue weighted by atomic mass is 9.95. The smallest absolute Gasteiger partial charge is 0.301 e. The molecule has 1 aromatic heterocycles. The lowest BCUT2D eigenvalue weighted by Gasteiger charge is -2.23. The summed E-state index contributed by atoms with van der Waals surface area (Å²) in [6.07, 6.45) is 0. The molecule has 1 saturated heterocycles. The summed E-state index contributed by atoms with van der Waals surface area (Å²) < 4.78 is 13.5. The number of hydrogen-bond donors (Lipinski definition) is 1. The van der Waals surface area contributed by atoms with Crippen LogP contribution in [0.15, 0.2) is 54.1 Å². The number of benzene rings is 2. The number of aryl methyl sites for hydroxylation is 2. The number of thiazole rings is 1. The van der Waals surface area contributed by atoms with E-state index in [-0.39, 0.29) is 11.3 Å². The maximum Gasteiger partial charge on any atom is 0.301 e. The summed E-state index contributed by atoms with van der Waals surface area (Å²) in [4.78, 5) is 32.6. The minimum absolute atomic E-state index is 0.0839. The van der Waals surface area contributed by atoms with Gasteiger partial charge in [0.05, 0.1) is 17.3 Å². The van der Waals surface area contributed by atoms with Crippen molar-refractivity contribution >= 4 is 45.5 Å². The third-order valence-corrected chi connectivity index (χ3v) is 6.30. The Hall–Kier alpha value is -3.03. The van der Waals surface area contributed by atoms with Gasteiger partial charge in [-0.3, -0.25) is 14.5 Å². The summed E-state index contributed by atoms with van der Waals surface area (Å²) in [5, 5.41) is 11.8. The number of aromatic nitrogens is 1. The van der Waals surface area contributed by atoms with Crippen LogP contribution in [0.25, 0.3) is 5.76 Å². The third-order valence-electron chi connectivity index (χ3n) is 4.97. The first-order valence-electron chi connectivity index (χ1n) is 9.04. The Balaban J connectivity index is 1.94. The van der Waals surface area contributed by atoms with Crippen LogP contribution in [0.3, 0.4) is 0 Å². The first kappa shape index (κ1) is 20.3. The fourth-order valence-corrected chi connectivity index (χ4v) is 4.37. The molecule has 8 heteroatoms. The molecule has 1 amide bonds. The second kappa shape index (κ2) is 7.66. The van der Waals surface area contributed by atoms with Crippen molar-refractivity contribution in [2.24, 2.45) is 0 Å². The van der Waals surface area contributed by atoms with Crippen molar-refractivity contribution < 1.29 is 19.1 Å². The highest BCUT2D eigenvalue weighted by Gasteiger charge is 2.48. The first-order chi connectivity index (χ1) is 14.3. The monoisotopic (exact) mass is 442 g/mol. The summed E-state index contributed by atoms with van der Waals surface area (Å²) in [5.41, 5.74) is 1.49. The molecule has 152 valence electrons. The number of aliphatic hydroxyl groups excluding tert-OH is 1. The number of amides is 1. The Morgan fingerprint density at radius 2 is 1.73 bits per heavy atom. The molecule has 3 aromatic rings. The van der Waals surface area contributed by atoms with E-state index in [0.29, 0.717) is 21.3 Å². The van der Waals surface area contributed by atoms with Crippen molar-refractivity contribution in [2.45, 2.75) is 19.9 Å². The molecule has 0 saturated carbocycles. The maximum atomic E-state index is 13.5. The molecule has 0 spiro atoms. The molecule has 5 nitrogen and oxygen atoms in total. The van der Waals surface area contributed by atoms with Crippen LogP contribution < -0.4 is 4.90 Å². The number of halogens is 2. The van der Waals surface area contributed by atoms with Gasteiger partial charge in [-0.15, -0.1) is 11.3 Å². The van der Waals surface area contributed by atoms with E-state index in [1.807, 2.05) is 13.8 Å². The molecule has 1 fully saturated rings. The van der Waals surface area contributed by atoms with E-state index in [1.54, 1.807) is 24.3 Å². The number of ketones is 1. The topological polar surface area (TPSA) is 70.5 Å². The Kier molecular flexibility index (Phi) is 5.17. The highest BCUT2D eigenvalue weighted by molar-refractivity contribution is 7.16. The molecule has 0 bridgehead atoms. The van der Waals surface area contributed by atoms with Gasteiger partial charge in [-0.05, 0) is 55.8 Å². The predicted molar refractivity (Wildman–Crippen MR) is 114 cm³/mol. The molecule has 0 aliphatic carbocycles. The predicted octanol–water partition coefficient (Wildman–Crippen LogP) is 5.18. The molecule has 2 aromatic carbocycles. The molecule has 0 radical (unpaired) electrons. The van der Waals surface area contributed by atoms with E-state index in [9.17, 15) is 19.1 Å². The number of hydrogen-bond acceptors (Lipinski definition) is 5. The Morgan fingerprint density at radius 1 is 1.10 bits per heavy atom. The molecule has 2 heterocycles. The number of nitrogens with zero attached hydrogens (tertiary/aromatic N) is 2. The van der Waals surface area contributed by atoms with Gasteiger partial charge in [-0.1, -0.05) is 23.7 Å². The van der Waals surface area contributed by atoms with Gasteiger partial charge in [0.25, 0.3) is 5.78 Å². The highest BCUT2D eigenvalue weighted by atomic mass is 35.5. The Morgan fingerprint density at radius 3 is 2.30 bits per heavy atom. The van der Waals surface area contributed by atoms with Gasteiger partial charge < -0.3 is 5.11 Å². The number of aliphatic hydroxyl groups is 1. The standard InChI is InChI=1S/C22H16ClFN2O3S/c1-11-12(2)30-22(25-11)26-18(13-5-9-16(24)10-6-13)17(20(28)21(26)29)19(27)14-3-7-15(23)8-4-14/h3-10,18,27H,1-2H3/t18-/m1/s1. The van der Waals surface area contributed by atoms with E-state index >= 15 is 0 Å². The lowest BCUT2D eigenvalue weighted by molar-refractivity contribution is -0.132. The van der Waals surface area contributed by atoms with Gasteiger partial charge in [0.15, 0.2) is 5.13 Å². The molecule has 0 unspecified atom stereocenters. The highest BCUT2D eigenvalue weighted by Crippen LogP contribution is 2.43. The van der Waals surface area contributed by atoms with Gasteiger partial charge in [-0.25, -0.2) is 9.37 Å². The normalized spacial score (nSPS) is 18.3. The largest absolute Gasteiger partial charge is 0.507 e. The van der Waals surface area contributed by atoms with Gasteiger partial charge >= 0.3 is 5.91 Å². The van der Waals surface area contributed by atoms with E-state index in [4.69, 9.17) is 11.6 Å². The minimum Gasteiger partial charge on any atom is -0.507 e. The molecule has 1 atom stereocenters. The zero-order valence-electron chi connectivity index (χ0n) is 16.0. The summed E-state index contributed by atoms with van der Waals surface area (Å²) >= 11 is 7.19. The van der Waals surface area contributed by atoms with Crippen molar-refractivity contribution in [1.82, 2.24) is 4.98 Å². The maximum absolute atomic E-state index is 13.5. The van der Waals surface area contributed by atoms with E-state index in [2.05, 4.69) is 4.98 Å². The number of Topliss-reactive ketones (excluding diaryl/α,β-unsaturated/α-hetero) is 1. The van der Waals surface area contributed by atoms with Crippen molar-refractivity contribution in [1.29, 1.82) is 0 Å². The Bertz CT molecular complexity index is 1170. The summed E-state index contributed by atoms with van der Waals surface area (Å²) in [7, 11) is 0. The molecule has 1 aliphatic heterocycles. The van der Waals surface area contributed by atoms with Crippen molar-refractivity contribution in [3.8, 4) is 0 Å². The Labute approximate surface area is 181 Å². The zero-order valence-corrected chi connectivity index (χ0v) is 17.6. The van der Waals surface area contributed by atoms with Crippen LogP contribution in [0, 0.1) is 19.7 Å². The van der Waals surface area contributed by atoms with Crippen LogP contribution in [-0.2, 0) is 9.59 Å². The first-order valence-corrected chi connectivity index (χ1v) is 10.2. The van der Waals surface area contributed by atoms with E-state index < -0.39 is 23.5 Å². The van der Waals surface area contributed by atoms with Crippen molar-refractivity contribution in [2.75, 3.05) is 4.90 Å². The third kappa shape index (κ3) is 3.40. The van der Waals surface area contributed by atoms with Crippen LogP contribution >= 0.6 is 22.9 Å². The second-order valence-electron chi connectivity index (χ2n) is 6.87. The van der Waals surface area contributed by atoms with Gasteiger partial charge in [0.1, 0.15) is 11.6 Å². The van der Waals surface area contributed by atoms with Crippen molar-refractivity contribution in [3.63, 3.8) is 0 Å². The molecular formula is C22H16ClFN2O3S. The van der Waals surface area contributed by atoms with Crippen LogP contribution in [0.5, 0.6) is 0 Å². The van der Waals surface area contributed by atoms with Crippen molar-refractivity contribution in [3.05, 3.63) is 86.6 Å². The summed E-state index contributed by atoms with van der Waals surface area (Å²) in [5.74, 6) is -2.41. The second-order valence-corrected chi connectivity index (χ2v) is 8.48. The minimum atomic E-state index is -0.939. The number of anilines is 1. The molecule has 1 N–H and O–H groups in total. The molecule has 1 aliphatic rings. The quantitative estimate of drug-likeness (QED) is 0.344. The molecular weight excluding hydrogens is 427 g/mol. The summed E-state index contributed by atoms with van der Waals surface area (Å²) in [6, 6.07) is 10.8. The SMILES string of the molecule is Cc1nc(N2C(=O)C(=O)C(=C(O)c3ccc(Cl)cc3)[C@H]2c2ccc(F)cc2)sc1C. The lowest BCUT2D eigenvalue weighted by Crippen LogP contribution is -2.29. The fourth-order valence-electron chi connectivity index (χ4n) is 3.31. The number of carbonyl (C=O) groups is 2. The summed E-state index contributed by atoms with van der Waals surface area (Å²) in [6.45, 7) is 3.68.